The van der Waals surface area contributed by atoms with Crippen LogP contribution in [0, 0.1) is 5.92 Å². The van der Waals surface area contributed by atoms with Crippen molar-refractivity contribution in [1.82, 2.24) is 10.7 Å². The van der Waals surface area contributed by atoms with Crippen LogP contribution < -0.4 is 10.7 Å². The molecule has 2 N–H and O–H groups in total. The van der Waals surface area contributed by atoms with E-state index in [4.69, 9.17) is 12.2 Å². The molecule has 0 aliphatic heterocycles. The number of rotatable bonds is 3. The van der Waals surface area contributed by atoms with Gasteiger partial charge in [0.1, 0.15) is 0 Å². The van der Waals surface area contributed by atoms with E-state index in [1.807, 2.05) is 6.92 Å². The predicted molar refractivity (Wildman–Crippen MR) is 57.4 cm³/mol. The lowest BCUT2D eigenvalue weighted by Gasteiger charge is -2.05. The topological polar surface area (TPSA) is 36.4 Å². The Morgan fingerprint density at radius 3 is 2.50 bits per heavy atom. The van der Waals surface area contributed by atoms with Gasteiger partial charge in [-0.25, -0.2) is 0 Å². The zero-order chi connectivity index (χ0) is 9.56. The summed E-state index contributed by atoms with van der Waals surface area (Å²) in [7, 11) is 1.77. The maximum absolute atomic E-state index is 4.86. The molecule has 70 valence electrons. The lowest BCUT2D eigenvalue weighted by atomic mass is 10.1. The first kappa shape index (κ1) is 11.4. The molecule has 0 aromatic carbocycles. The number of hydrogen-bond acceptors (Lipinski definition) is 2. The van der Waals surface area contributed by atoms with Crippen molar-refractivity contribution in [2.75, 3.05) is 7.05 Å². The van der Waals surface area contributed by atoms with Crippen LogP contribution in [0.2, 0.25) is 0 Å². The number of hydrazone groups is 1. The Morgan fingerprint density at radius 1 is 1.50 bits per heavy atom. The van der Waals surface area contributed by atoms with Crippen molar-refractivity contribution in [2.24, 2.45) is 11.0 Å². The van der Waals surface area contributed by atoms with Gasteiger partial charge in [-0.15, -0.1) is 0 Å². The Bertz CT molecular complexity index is 175. The molecule has 12 heavy (non-hydrogen) atoms. The molecule has 0 radical (unpaired) electrons. The molecule has 0 aliphatic rings. The van der Waals surface area contributed by atoms with Crippen LogP contribution >= 0.6 is 12.2 Å². The van der Waals surface area contributed by atoms with E-state index in [0.717, 1.165) is 12.1 Å². The van der Waals surface area contributed by atoms with E-state index in [0.29, 0.717) is 11.0 Å². The quantitative estimate of drug-likeness (QED) is 0.399. The Hall–Kier alpha value is -0.640. The molecule has 0 saturated carbocycles. The van der Waals surface area contributed by atoms with Gasteiger partial charge in [-0.1, -0.05) is 13.8 Å². The van der Waals surface area contributed by atoms with Crippen LogP contribution in [-0.4, -0.2) is 17.9 Å². The highest BCUT2D eigenvalue weighted by molar-refractivity contribution is 7.80. The largest absolute Gasteiger partial charge is 0.364 e. The first-order valence-corrected chi connectivity index (χ1v) is 4.48. The van der Waals surface area contributed by atoms with Gasteiger partial charge in [0, 0.05) is 12.8 Å². The minimum atomic E-state index is 0.554. The summed E-state index contributed by atoms with van der Waals surface area (Å²) in [4.78, 5) is 0. The summed E-state index contributed by atoms with van der Waals surface area (Å²) in [5.74, 6) is 0.638. The van der Waals surface area contributed by atoms with Crippen LogP contribution in [0.5, 0.6) is 0 Å². The molecule has 0 atom stereocenters. The van der Waals surface area contributed by atoms with Crippen LogP contribution in [-0.2, 0) is 0 Å². The van der Waals surface area contributed by atoms with Crippen LogP contribution in [0.3, 0.4) is 0 Å². The molecule has 0 aromatic rings. The monoisotopic (exact) mass is 187 g/mol. The highest BCUT2D eigenvalue weighted by Gasteiger charge is 1.96. The van der Waals surface area contributed by atoms with Crippen molar-refractivity contribution in [3.05, 3.63) is 0 Å². The fourth-order valence-electron chi connectivity index (χ4n) is 0.839. The second-order valence-corrected chi connectivity index (χ2v) is 3.54. The Morgan fingerprint density at radius 2 is 2.08 bits per heavy atom. The van der Waals surface area contributed by atoms with E-state index in [2.05, 4.69) is 29.7 Å². The van der Waals surface area contributed by atoms with Crippen LogP contribution in [0.4, 0.5) is 0 Å². The Kier molecular flexibility index (Phi) is 5.62. The van der Waals surface area contributed by atoms with Crippen molar-refractivity contribution in [2.45, 2.75) is 27.2 Å². The van der Waals surface area contributed by atoms with Gasteiger partial charge in [0.2, 0.25) is 0 Å². The third kappa shape index (κ3) is 6.09. The smallest absolute Gasteiger partial charge is 0.186 e. The molecule has 0 heterocycles. The van der Waals surface area contributed by atoms with Gasteiger partial charge in [-0.2, -0.15) is 5.10 Å². The van der Waals surface area contributed by atoms with Gasteiger partial charge < -0.3 is 5.32 Å². The fourth-order valence-corrected chi connectivity index (χ4v) is 0.884. The van der Waals surface area contributed by atoms with E-state index >= 15 is 0 Å². The van der Waals surface area contributed by atoms with E-state index in [9.17, 15) is 0 Å². The van der Waals surface area contributed by atoms with E-state index in [1.54, 1.807) is 7.05 Å². The molecule has 0 bridgehead atoms. The molecule has 0 aliphatic carbocycles. The Labute approximate surface area is 79.6 Å². The third-order valence-corrected chi connectivity index (χ3v) is 1.57. The molecule has 0 rings (SSSR count). The van der Waals surface area contributed by atoms with Crippen molar-refractivity contribution in [1.29, 1.82) is 0 Å². The maximum Gasteiger partial charge on any atom is 0.186 e. The van der Waals surface area contributed by atoms with Crippen LogP contribution in [0.25, 0.3) is 0 Å². The van der Waals surface area contributed by atoms with Gasteiger partial charge in [-0.05, 0) is 31.5 Å². The Balaban J connectivity index is 3.76. The minimum Gasteiger partial charge on any atom is -0.364 e. The molecule has 0 unspecified atom stereocenters. The average molecular weight is 187 g/mol. The standard InChI is InChI=1S/C8H17N3S/c1-6(2)5-7(3)10-11-8(12)9-4/h6H,5H2,1-4H3,(H2,9,11,12)/b10-7+. The summed E-state index contributed by atoms with van der Waals surface area (Å²) >= 11 is 4.86. The summed E-state index contributed by atoms with van der Waals surface area (Å²) in [5, 5.41) is 7.44. The summed E-state index contributed by atoms with van der Waals surface area (Å²) < 4.78 is 0. The number of nitrogens with one attached hydrogen (secondary N) is 2. The van der Waals surface area contributed by atoms with Crippen LogP contribution in [0.1, 0.15) is 27.2 Å². The second kappa shape index (κ2) is 5.94. The number of hydrogen-bond donors (Lipinski definition) is 2. The predicted octanol–water partition coefficient (Wildman–Crippen LogP) is 1.50. The van der Waals surface area contributed by atoms with E-state index < -0.39 is 0 Å². The van der Waals surface area contributed by atoms with Gasteiger partial charge in [0.15, 0.2) is 5.11 Å². The maximum atomic E-state index is 4.86. The lowest BCUT2D eigenvalue weighted by molar-refractivity contribution is 0.679. The highest BCUT2D eigenvalue weighted by Crippen LogP contribution is 1.99. The summed E-state index contributed by atoms with van der Waals surface area (Å²) in [6.45, 7) is 6.32. The summed E-state index contributed by atoms with van der Waals surface area (Å²) in [5.41, 5.74) is 3.82. The zero-order valence-electron chi connectivity index (χ0n) is 8.14. The molecule has 0 aromatic heterocycles. The average Bonchev–Trinajstić information content (AvgIpc) is 1.99. The second-order valence-electron chi connectivity index (χ2n) is 3.14. The van der Waals surface area contributed by atoms with Crippen molar-refractivity contribution >= 4 is 23.0 Å². The number of nitrogens with zero attached hydrogens (tertiary/aromatic N) is 1. The van der Waals surface area contributed by atoms with Crippen molar-refractivity contribution < 1.29 is 0 Å². The van der Waals surface area contributed by atoms with Gasteiger partial charge >= 0.3 is 0 Å². The van der Waals surface area contributed by atoms with Gasteiger partial charge in [0.05, 0.1) is 0 Å². The van der Waals surface area contributed by atoms with Crippen molar-refractivity contribution in [3.63, 3.8) is 0 Å². The molecule has 0 fully saturated rings. The first-order valence-electron chi connectivity index (χ1n) is 4.07. The molecular formula is C8H17N3S. The molecule has 3 nitrogen and oxygen atoms in total. The lowest BCUT2D eigenvalue weighted by Crippen LogP contribution is -2.29. The first-order chi connectivity index (χ1) is 5.56. The minimum absolute atomic E-state index is 0.554. The van der Waals surface area contributed by atoms with E-state index in [1.165, 1.54) is 0 Å². The molecule has 0 amide bonds. The zero-order valence-corrected chi connectivity index (χ0v) is 8.96. The molecular weight excluding hydrogens is 170 g/mol. The third-order valence-electron chi connectivity index (χ3n) is 1.28. The summed E-state index contributed by atoms with van der Waals surface area (Å²) in [6, 6.07) is 0. The van der Waals surface area contributed by atoms with Gasteiger partial charge in [-0.3, -0.25) is 5.43 Å². The SMILES string of the molecule is CNC(=S)N/N=C(\C)CC(C)C. The number of thiocarbonyl (C=S) groups is 1. The van der Waals surface area contributed by atoms with E-state index in [-0.39, 0.29) is 0 Å². The summed E-state index contributed by atoms with van der Waals surface area (Å²) in [6.07, 6.45) is 0.999. The normalized spacial score (nSPS) is 11.6. The highest BCUT2D eigenvalue weighted by atomic mass is 32.1. The molecule has 0 spiro atoms. The molecule has 0 saturated heterocycles. The fraction of sp³-hybridized carbons (Fsp3) is 0.750. The van der Waals surface area contributed by atoms with Crippen LogP contribution in [0.15, 0.2) is 5.10 Å². The molecule has 4 heteroatoms. The van der Waals surface area contributed by atoms with Gasteiger partial charge in [0.25, 0.3) is 0 Å². The van der Waals surface area contributed by atoms with Crippen molar-refractivity contribution in [3.8, 4) is 0 Å².